The minimum atomic E-state index is -0.284. The van der Waals surface area contributed by atoms with E-state index in [-0.39, 0.29) is 11.9 Å². The number of anilines is 3. The highest BCUT2D eigenvalue weighted by atomic mass is 16.2. The number of nitrogens with one attached hydrogen (secondary N) is 2. The molecule has 29 heavy (non-hydrogen) atoms. The van der Waals surface area contributed by atoms with E-state index in [0.717, 1.165) is 22.6 Å². The summed E-state index contributed by atoms with van der Waals surface area (Å²) in [5.74, 6) is 1.91. The van der Waals surface area contributed by atoms with Crippen LogP contribution in [-0.2, 0) is 17.9 Å². The Bertz CT molecular complexity index is 1040. The molecule has 1 aliphatic rings. The largest absolute Gasteiger partial charge is 0.350 e. The molecule has 10 heteroatoms. The fraction of sp³-hybridized carbons (Fsp3) is 0.368. The summed E-state index contributed by atoms with van der Waals surface area (Å²) in [5, 5.41) is 10.5. The molecule has 0 aliphatic carbocycles. The van der Waals surface area contributed by atoms with Gasteiger partial charge in [0.2, 0.25) is 11.9 Å². The average Bonchev–Trinajstić information content (AvgIpc) is 3.15. The molecule has 0 unspecified atom stereocenters. The number of amides is 1. The van der Waals surface area contributed by atoms with Gasteiger partial charge in [-0.25, -0.2) is 15.0 Å². The molecule has 0 saturated heterocycles. The third-order valence-electron chi connectivity index (χ3n) is 4.93. The van der Waals surface area contributed by atoms with Gasteiger partial charge in [-0.3, -0.25) is 9.48 Å². The van der Waals surface area contributed by atoms with Crippen LogP contribution in [-0.4, -0.2) is 48.7 Å². The summed E-state index contributed by atoms with van der Waals surface area (Å²) < 4.78 is 1.84. The fourth-order valence-electron chi connectivity index (χ4n) is 3.08. The van der Waals surface area contributed by atoms with Gasteiger partial charge < -0.3 is 15.5 Å². The quantitative estimate of drug-likeness (QED) is 0.671. The predicted octanol–water partition coefficient (Wildman–Crippen LogP) is 1.52. The van der Waals surface area contributed by atoms with Crippen LogP contribution in [0, 0.1) is 13.8 Å². The summed E-state index contributed by atoms with van der Waals surface area (Å²) in [6, 6.07) is -0.284. The second kappa shape index (κ2) is 7.46. The highest BCUT2D eigenvalue weighted by molar-refractivity contribution is 6.03. The van der Waals surface area contributed by atoms with E-state index < -0.39 is 0 Å². The summed E-state index contributed by atoms with van der Waals surface area (Å²) in [5.41, 5.74) is 3.38. The van der Waals surface area contributed by atoms with Crippen molar-refractivity contribution in [1.82, 2.24) is 29.7 Å². The number of carbonyl (C=O) groups is 1. The summed E-state index contributed by atoms with van der Waals surface area (Å²) in [6.45, 7) is 6.71. The average molecular weight is 393 g/mol. The number of nitrogens with zero attached hydrogens (tertiary/aromatic N) is 7. The number of hydrogen-bond donors (Lipinski definition) is 2. The lowest BCUT2D eigenvalue weighted by Crippen LogP contribution is -2.44. The standard InChI is InChI=1S/C19H23N9O/c1-11-16-17(27(4)12(2)18(29)25-16)26-19(24-11)22-7-15-8-23-28(10-15)9-14-5-20-13(3)21-6-14/h5-6,8,10,12H,7,9H2,1-4H3,(H,25,29)(H,22,24,26)/t12-/m0/s1. The van der Waals surface area contributed by atoms with Gasteiger partial charge in [0.05, 0.1) is 18.4 Å². The molecule has 4 rings (SSSR count). The molecule has 3 aromatic heterocycles. The number of hydrogen-bond acceptors (Lipinski definition) is 8. The van der Waals surface area contributed by atoms with Gasteiger partial charge in [-0.2, -0.15) is 10.1 Å². The first-order valence-electron chi connectivity index (χ1n) is 9.36. The molecule has 0 saturated carbocycles. The number of fused-ring (bicyclic) bond motifs is 1. The Morgan fingerprint density at radius 1 is 1.14 bits per heavy atom. The van der Waals surface area contributed by atoms with E-state index in [0.29, 0.717) is 30.5 Å². The summed E-state index contributed by atoms with van der Waals surface area (Å²) >= 11 is 0. The van der Waals surface area contributed by atoms with Gasteiger partial charge in [0, 0.05) is 43.3 Å². The normalized spacial score (nSPS) is 15.8. The van der Waals surface area contributed by atoms with Crippen LogP contribution in [0.25, 0.3) is 0 Å². The van der Waals surface area contributed by atoms with Gasteiger partial charge in [-0.05, 0) is 20.8 Å². The first kappa shape index (κ1) is 18.8. The molecule has 150 valence electrons. The van der Waals surface area contributed by atoms with Crippen LogP contribution in [0.1, 0.15) is 29.6 Å². The monoisotopic (exact) mass is 393 g/mol. The number of aryl methyl sites for hydroxylation is 2. The van der Waals surface area contributed by atoms with Crippen molar-refractivity contribution < 1.29 is 4.79 Å². The third-order valence-corrected chi connectivity index (χ3v) is 4.93. The second-order valence-electron chi connectivity index (χ2n) is 7.15. The van der Waals surface area contributed by atoms with Gasteiger partial charge in [0.25, 0.3) is 0 Å². The van der Waals surface area contributed by atoms with E-state index in [1.165, 1.54) is 0 Å². The fourth-order valence-corrected chi connectivity index (χ4v) is 3.08. The molecule has 0 spiro atoms. The van der Waals surface area contributed by atoms with Crippen molar-refractivity contribution in [3.8, 4) is 0 Å². The van der Waals surface area contributed by atoms with Crippen molar-refractivity contribution in [2.75, 3.05) is 22.6 Å². The van der Waals surface area contributed by atoms with Gasteiger partial charge in [0.1, 0.15) is 17.6 Å². The van der Waals surface area contributed by atoms with E-state index in [4.69, 9.17) is 0 Å². The van der Waals surface area contributed by atoms with E-state index in [9.17, 15) is 4.79 Å². The molecule has 0 radical (unpaired) electrons. The Morgan fingerprint density at radius 3 is 2.66 bits per heavy atom. The van der Waals surface area contributed by atoms with Gasteiger partial charge in [0.15, 0.2) is 5.82 Å². The van der Waals surface area contributed by atoms with Crippen LogP contribution in [0.3, 0.4) is 0 Å². The molecule has 1 amide bonds. The van der Waals surface area contributed by atoms with Crippen molar-refractivity contribution >= 4 is 23.4 Å². The Hall–Kier alpha value is -3.56. The first-order chi connectivity index (χ1) is 13.9. The Labute approximate surface area is 168 Å². The van der Waals surface area contributed by atoms with Crippen molar-refractivity contribution in [2.45, 2.75) is 39.9 Å². The molecule has 4 heterocycles. The molecule has 1 atom stereocenters. The molecular weight excluding hydrogens is 370 g/mol. The maximum Gasteiger partial charge on any atom is 0.246 e. The maximum atomic E-state index is 12.0. The summed E-state index contributed by atoms with van der Waals surface area (Å²) in [6.07, 6.45) is 7.39. The zero-order valence-electron chi connectivity index (χ0n) is 16.8. The van der Waals surface area contributed by atoms with Crippen LogP contribution in [0.4, 0.5) is 17.5 Å². The lowest BCUT2D eigenvalue weighted by atomic mass is 10.2. The second-order valence-corrected chi connectivity index (χ2v) is 7.15. The minimum absolute atomic E-state index is 0.0567. The van der Waals surface area contributed by atoms with E-state index in [1.807, 2.05) is 62.2 Å². The van der Waals surface area contributed by atoms with Crippen molar-refractivity contribution in [1.29, 1.82) is 0 Å². The summed E-state index contributed by atoms with van der Waals surface area (Å²) in [7, 11) is 1.86. The molecule has 0 bridgehead atoms. The first-order valence-corrected chi connectivity index (χ1v) is 9.36. The molecular formula is C19H23N9O. The van der Waals surface area contributed by atoms with Crippen molar-refractivity contribution in [2.24, 2.45) is 0 Å². The minimum Gasteiger partial charge on any atom is -0.350 e. The van der Waals surface area contributed by atoms with Gasteiger partial charge in [-0.1, -0.05) is 0 Å². The molecule has 10 nitrogen and oxygen atoms in total. The number of rotatable bonds is 5. The van der Waals surface area contributed by atoms with E-state index >= 15 is 0 Å². The summed E-state index contributed by atoms with van der Waals surface area (Å²) in [4.78, 5) is 31.3. The molecule has 3 aromatic rings. The molecule has 2 N–H and O–H groups in total. The molecule has 0 fully saturated rings. The van der Waals surface area contributed by atoms with Gasteiger partial charge >= 0.3 is 0 Å². The Kier molecular flexibility index (Phi) is 4.83. The SMILES string of the molecule is Cc1ncc(Cn2cc(CNc3nc(C)c4c(n3)N(C)[C@@H](C)C(=O)N4)cn2)cn1. The lowest BCUT2D eigenvalue weighted by molar-refractivity contribution is -0.117. The number of likely N-dealkylation sites (N-methyl/N-ethyl adjacent to an activating group) is 1. The molecule has 0 aromatic carbocycles. The zero-order valence-corrected chi connectivity index (χ0v) is 16.8. The highest BCUT2D eigenvalue weighted by Gasteiger charge is 2.30. The lowest BCUT2D eigenvalue weighted by Gasteiger charge is -2.32. The van der Waals surface area contributed by atoms with Crippen LogP contribution in [0.5, 0.6) is 0 Å². The van der Waals surface area contributed by atoms with Crippen LogP contribution >= 0.6 is 0 Å². The third kappa shape index (κ3) is 3.86. The Balaban J connectivity index is 1.45. The Morgan fingerprint density at radius 2 is 1.90 bits per heavy atom. The van der Waals surface area contributed by atoms with E-state index in [2.05, 4.69) is 35.7 Å². The highest BCUT2D eigenvalue weighted by Crippen LogP contribution is 2.32. The van der Waals surface area contributed by atoms with Crippen LogP contribution in [0.2, 0.25) is 0 Å². The predicted molar refractivity (Wildman–Crippen MR) is 109 cm³/mol. The topological polar surface area (TPSA) is 114 Å². The van der Waals surface area contributed by atoms with Gasteiger partial charge in [-0.15, -0.1) is 0 Å². The van der Waals surface area contributed by atoms with Crippen molar-refractivity contribution in [3.05, 3.63) is 47.4 Å². The van der Waals surface area contributed by atoms with Crippen LogP contribution < -0.4 is 15.5 Å². The number of carbonyl (C=O) groups excluding carboxylic acids is 1. The van der Waals surface area contributed by atoms with Crippen molar-refractivity contribution in [3.63, 3.8) is 0 Å². The number of aromatic nitrogens is 6. The maximum absolute atomic E-state index is 12.0. The smallest absolute Gasteiger partial charge is 0.246 e. The molecule has 1 aliphatic heterocycles. The van der Waals surface area contributed by atoms with Crippen LogP contribution in [0.15, 0.2) is 24.8 Å². The van der Waals surface area contributed by atoms with E-state index in [1.54, 1.807) is 0 Å². The zero-order chi connectivity index (χ0) is 20.5.